The molecule has 1 atom stereocenters. The van der Waals surface area contributed by atoms with Crippen LogP contribution in [0.2, 0.25) is 0 Å². The molecular weight excluding hydrogens is 394 g/mol. The number of hydrazine groups is 1. The van der Waals surface area contributed by atoms with Crippen molar-refractivity contribution in [3.05, 3.63) is 59.3 Å². The SMILES string of the molecule is CCOc1ccccc1OCC(=O)NNC(=O)c1ccc2[nH]c3c(c2c1)CC(C)CC3. The van der Waals surface area contributed by atoms with E-state index in [-0.39, 0.29) is 12.5 Å². The first-order valence-corrected chi connectivity index (χ1v) is 10.6. The van der Waals surface area contributed by atoms with Gasteiger partial charge in [0, 0.05) is 22.2 Å². The van der Waals surface area contributed by atoms with Crippen LogP contribution < -0.4 is 20.3 Å². The van der Waals surface area contributed by atoms with Gasteiger partial charge in [-0.25, -0.2) is 0 Å². The van der Waals surface area contributed by atoms with Crippen LogP contribution in [-0.4, -0.2) is 30.0 Å². The first-order chi connectivity index (χ1) is 15.0. The Bertz CT molecular complexity index is 1110. The van der Waals surface area contributed by atoms with Crippen molar-refractivity contribution in [2.75, 3.05) is 13.2 Å². The van der Waals surface area contributed by atoms with Crippen molar-refractivity contribution in [2.24, 2.45) is 5.92 Å². The molecule has 1 heterocycles. The average molecular weight is 421 g/mol. The van der Waals surface area contributed by atoms with Gasteiger partial charge in [-0.2, -0.15) is 0 Å². The predicted molar refractivity (Wildman–Crippen MR) is 118 cm³/mol. The van der Waals surface area contributed by atoms with Crippen LogP contribution in [0.4, 0.5) is 0 Å². The second-order valence-corrected chi connectivity index (χ2v) is 7.86. The number of carbonyl (C=O) groups is 2. The van der Waals surface area contributed by atoms with E-state index in [1.165, 1.54) is 17.7 Å². The van der Waals surface area contributed by atoms with E-state index in [4.69, 9.17) is 9.47 Å². The highest BCUT2D eigenvalue weighted by Crippen LogP contribution is 2.32. The average Bonchev–Trinajstić information content (AvgIpc) is 3.14. The van der Waals surface area contributed by atoms with Gasteiger partial charge in [-0.05, 0) is 68.0 Å². The number of para-hydroxylation sites is 2. The van der Waals surface area contributed by atoms with Crippen molar-refractivity contribution in [3.8, 4) is 11.5 Å². The van der Waals surface area contributed by atoms with Crippen molar-refractivity contribution in [3.63, 3.8) is 0 Å². The van der Waals surface area contributed by atoms with Gasteiger partial charge in [-0.1, -0.05) is 19.1 Å². The van der Waals surface area contributed by atoms with Crippen molar-refractivity contribution >= 4 is 22.7 Å². The maximum absolute atomic E-state index is 12.6. The molecule has 7 nitrogen and oxygen atoms in total. The minimum Gasteiger partial charge on any atom is -0.490 e. The van der Waals surface area contributed by atoms with Crippen LogP contribution in [-0.2, 0) is 17.6 Å². The number of amides is 2. The van der Waals surface area contributed by atoms with Crippen molar-refractivity contribution in [1.29, 1.82) is 0 Å². The Morgan fingerprint density at radius 2 is 1.87 bits per heavy atom. The summed E-state index contributed by atoms with van der Waals surface area (Å²) in [7, 11) is 0. The van der Waals surface area contributed by atoms with Gasteiger partial charge >= 0.3 is 0 Å². The number of aromatic amines is 1. The topological polar surface area (TPSA) is 92.4 Å². The van der Waals surface area contributed by atoms with Crippen LogP contribution in [0.25, 0.3) is 10.9 Å². The Labute approximate surface area is 181 Å². The quantitative estimate of drug-likeness (QED) is 0.531. The van der Waals surface area contributed by atoms with Crippen molar-refractivity contribution < 1.29 is 19.1 Å². The van der Waals surface area contributed by atoms with E-state index in [0.29, 0.717) is 29.6 Å². The van der Waals surface area contributed by atoms with Crippen LogP contribution in [0.15, 0.2) is 42.5 Å². The molecule has 3 N–H and O–H groups in total. The summed E-state index contributed by atoms with van der Waals surface area (Å²) in [6.07, 6.45) is 3.23. The molecule has 0 radical (unpaired) electrons. The number of nitrogens with one attached hydrogen (secondary N) is 3. The molecule has 162 valence electrons. The molecule has 3 aromatic rings. The monoisotopic (exact) mass is 421 g/mol. The van der Waals surface area contributed by atoms with Gasteiger partial charge < -0.3 is 14.5 Å². The fraction of sp³-hybridized carbons (Fsp3) is 0.333. The minimum absolute atomic E-state index is 0.243. The number of rotatable bonds is 6. The van der Waals surface area contributed by atoms with Crippen LogP contribution in [0.1, 0.15) is 41.9 Å². The third-order valence-electron chi connectivity index (χ3n) is 5.52. The van der Waals surface area contributed by atoms with E-state index < -0.39 is 5.91 Å². The molecule has 7 heteroatoms. The molecule has 1 aliphatic carbocycles. The van der Waals surface area contributed by atoms with Crippen LogP contribution in [0, 0.1) is 5.92 Å². The first kappa shape index (κ1) is 20.8. The minimum atomic E-state index is -0.464. The summed E-state index contributed by atoms with van der Waals surface area (Å²) >= 11 is 0. The number of ether oxygens (including phenoxy) is 2. The highest BCUT2D eigenvalue weighted by molar-refractivity contribution is 5.99. The maximum Gasteiger partial charge on any atom is 0.276 e. The van der Waals surface area contributed by atoms with Crippen molar-refractivity contribution in [1.82, 2.24) is 15.8 Å². The summed E-state index contributed by atoms with van der Waals surface area (Å²) in [6.45, 7) is 4.38. The molecule has 0 saturated heterocycles. The van der Waals surface area contributed by atoms with Gasteiger partial charge in [0.2, 0.25) is 0 Å². The number of hydrogen-bond acceptors (Lipinski definition) is 4. The number of aryl methyl sites for hydroxylation is 1. The lowest BCUT2D eigenvalue weighted by molar-refractivity contribution is -0.123. The molecule has 1 unspecified atom stereocenters. The highest BCUT2D eigenvalue weighted by atomic mass is 16.5. The van der Waals surface area contributed by atoms with E-state index in [2.05, 4.69) is 22.8 Å². The molecule has 2 aromatic carbocycles. The Hall–Kier alpha value is -3.48. The molecular formula is C24H27N3O4. The summed E-state index contributed by atoms with van der Waals surface area (Å²) < 4.78 is 11.0. The fourth-order valence-electron chi connectivity index (χ4n) is 3.95. The second kappa shape index (κ2) is 9.12. The standard InChI is InChI=1S/C24H27N3O4/c1-3-30-21-6-4-5-7-22(21)31-14-23(28)26-27-24(29)16-9-11-20-18(13-16)17-12-15(2)8-10-19(17)25-20/h4-7,9,11,13,15,25H,3,8,10,12,14H2,1-2H3,(H,26,28)(H,27,29). The normalized spacial score (nSPS) is 15.2. The molecule has 0 fully saturated rings. The zero-order chi connectivity index (χ0) is 21.8. The number of aromatic nitrogens is 1. The first-order valence-electron chi connectivity index (χ1n) is 10.6. The fourth-order valence-corrected chi connectivity index (χ4v) is 3.95. The van der Waals surface area contributed by atoms with Gasteiger partial charge in [-0.15, -0.1) is 0 Å². The van der Waals surface area contributed by atoms with Gasteiger partial charge in [0.1, 0.15) is 0 Å². The summed E-state index contributed by atoms with van der Waals surface area (Å²) in [5.41, 5.74) is 8.97. The molecule has 0 spiro atoms. The van der Waals surface area contributed by atoms with Gasteiger partial charge in [0.25, 0.3) is 11.8 Å². The third kappa shape index (κ3) is 4.66. The lowest BCUT2D eigenvalue weighted by Gasteiger charge is -2.18. The molecule has 4 rings (SSSR count). The number of fused-ring (bicyclic) bond motifs is 3. The smallest absolute Gasteiger partial charge is 0.276 e. The molecule has 0 aliphatic heterocycles. The lowest BCUT2D eigenvalue weighted by Crippen LogP contribution is -2.43. The van der Waals surface area contributed by atoms with Crippen LogP contribution in [0.3, 0.4) is 0 Å². The van der Waals surface area contributed by atoms with Gasteiger partial charge in [0.15, 0.2) is 18.1 Å². The Kier molecular flexibility index (Phi) is 6.11. The van der Waals surface area contributed by atoms with E-state index in [9.17, 15) is 9.59 Å². The van der Waals surface area contributed by atoms with E-state index in [0.717, 1.165) is 23.7 Å². The number of benzene rings is 2. The van der Waals surface area contributed by atoms with E-state index >= 15 is 0 Å². The molecule has 0 saturated carbocycles. The second-order valence-electron chi connectivity index (χ2n) is 7.86. The zero-order valence-corrected chi connectivity index (χ0v) is 17.8. The highest BCUT2D eigenvalue weighted by Gasteiger charge is 2.20. The van der Waals surface area contributed by atoms with E-state index in [1.54, 1.807) is 24.3 Å². The maximum atomic E-state index is 12.6. The molecule has 31 heavy (non-hydrogen) atoms. The summed E-state index contributed by atoms with van der Waals surface area (Å²) in [6, 6.07) is 12.7. The number of carbonyl (C=O) groups excluding carboxylic acids is 2. The van der Waals surface area contributed by atoms with Crippen molar-refractivity contribution in [2.45, 2.75) is 33.1 Å². The molecule has 1 aromatic heterocycles. The van der Waals surface area contributed by atoms with E-state index in [1.807, 2.05) is 25.1 Å². The largest absolute Gasteiger partial charge is 0.490 e. The third-order valence-corrected chi connectivity index (χ3v) is 5.52. The van der Waals surface area contributed by atoms with Crippen LogP contribution >= 0.6 is 0 Å². The summed E-state index contributed by atoms with van der Waals surface area (Å²) in [5, 5.41) is 1.08. The Morgan fingerprint density at radius 3 is 2.65 bits per heavy atom. The summed E-state index contributed by atoms with van der Waals surface area (Å²) in [4.78, 5) is 28.2. The van der Waals surface area contributed by atoms with Gasteiger partial charge in [-0.3, -0.25) is 20.4 Å². The molecule has 1 aliphatic rings. The molecule has 2 amide bonds. The zero-order valence-electron chi connectivity index (χ0n) is 17.8. The molecule has 0 bridgehead atoms. The Balaban J connectivity index is 1.36. The number of hydrogen-bond donors (Lipinski definition) is 3. The van der Waals surface area contributed by atoms with Gasteiger partial charge in [0.05, 0.1) is 6.61 Å². The predicted octanol–water partition coefficient (Wildman–Crippen LogP) is 3.53. The Morgan fingerprint density at radius 1 is 1.10 bits per heavy atom. The lowest BCUT2D eigenvalue weighted by atomic mass is 9.87. The number of H-pyrrole nitrogens is 1. The van der Waals surface area contributed by atoms with Crippen LogP contribution in [0.5, 0.6) is 11.5 Å². The summed E-state index contributed by atoms with van der Waals surface area (Å²) in [5.74, 6) is 0.843.